The highest BCUT2D eigenvalue weighted by Crippen LogP contribution is 2.29. The molecule has 2 aromatic heterocycles. The van der Waals surface area contributed by atoms with Crippen molar-refractivity contribution >= 4 is 34.5 Å². The van der Waals surface area contributed by atoms with Gasteiger partial charge < -0.3 is 10.2 Å². The molecule has 3 aromatic rings. The number of aromatic nitrogens is 1. The summed E-state index contributed by atoms with van der Waals surface area (Å²) in [6.07, 6.45) is 3.62. The Kier molecular flexibility index (Phi) is 7.71. The molecule has 0 spiro atoms. The first-order chi connectivity index (χ1) is 15.6. The summed E-state index contributed by atoms with van der Waals surface area (Å²) in [5.41, 5.74) is 2.23. The van der Waals surface area contributed by atoms with Crippen LogP contribution in [0.1, 0.15) is 34.7 Å². The van der Waals surface area contributed by atoms with E-state index in [1.807, 2.05) is 30.0 Å². The summed E-state index contributed by atoms with van der Waals surface area (Å²) in [6.45, 7) is 4.01. The summed E-state index contributed by atoms with van der Waals surface area (Å²) in [5.74, 6) is 0.315. The first-order valence-electron chi connectivity index (χ1n) is 11.2. The summed E-state index contributed by atoms with van der Waals surface area (Å²) in [7, 11) is 0. The number of carbonyl (C=O) groups is 2. The van der Waals surface area contributed by atoms with Gasteiger partial charge >= 0.3 is 0 Å². The van der Waals surface area contributed by atoms with Crippen LogP contribution in [0.2, 0.25) is 0 Å². The van der Waals surface area contributed by atoms with E-state index in [2.05, 4.69) is 39.9 Å². The van der Waals surface area contributed by atoms with Gasteiger partial charge in [-0.15, -0.1) is 22.7 Å². The number of piperidine rings is 1. The number of amides is 2. The highest BCUT2D eigenvalue weighted by Gasteiger charge is 2.26. The molecule has 2 amide bonds. The molecular formula is C25H29N3O2S2. The van der Waals surface area contributed by atoms with Crippen LogP contribution in [-0.4, -0.2) is 41.3 Å². The van der Waals surface area contributed by atoms with Crippen LogP contribution >= 0.6 is 22.7 Å². The van der Waals surface area contributed by atoms with Crippen molar-refractivity contribution in [3.63, 3.8) is 0 Å². The SMILES string of the molecule is Cc1nc(-c2ccc(CCNC(=O)C3CCN(C(=O)CCc4ccccc4)CC3)s2)cs1. The molecule has 1 fully saturated rings. The number of thiophene rings is 1. The molecule has 0 bridgehead atoms. The molecule has 168 valence electrons. The lowest BCUT2D eigenvalue weighted by Gasteiger charge is -2.31. The van der Waals surface area contributed by atoms with Crippen LogP contribution < -0.4 is 5.32 Å². The topological polar surface area (TPSA) is 62.3 Å². The molecule has 5 nitrogen and oxygen atoms in total. The Morgan fingerprint density at radius 3 is 2.59 bits per heavy atom. The van der Waals surface area contributed by atoms with Crippen LogP contribution in [0, 0.1) is 12.8 Å². The molecule has 1 aliphatic rings. The van der Waals surface area contributed by atoms with E-state index in [1.165, 1.54) is 15.3 Å². The molecule has 0 saturated carbocycles. The minimum atomic E-state index is 0.00468. The maximum absolute atomic E-state index is 12.6. The Hall–Kier alpha value is -2.51. The van der Waals surface area contributed by atoms with E-state index in [1.54, 1.807) is 22.7 Å². The molecule has 0 aliphatic carbocycles. The fourth-order valence-electron chi connectivity index (χ4n) is 4.02. The summed E-state index contributed by atoms with van der Waals surface area (Å²) in [5, 5.41) is 6.26. The number of nitrogens with one attached hydrogen (secondary N) is 1. The maximum atomic E-state index is 12.6. The van der Waals surface area contributed by atoms with Crippen LogP contribution in [-0.2, 0) is 22.4 Å². The van der Waals surface area contributed by atoms with Crippen molar-refractivity contribution < 1.29 is 9.59 Å². The lowest BCUT2D eigenvalue weighted by molar-refractivity contribution is -0.135. The van der Waals surface area contributed by atoms with Gasteiger partial charge in [0.25, 0.3) is 0 Å². The molecule has 32 heavy (non-hydrogen) atoms. The number of thiazole rings is 1. The number of nitrogens with zero attached hydrogens (tertiary/aromatic N) is 2. The van der Waals surface area contributed by atoms with Crippen molar-refractivity contribution in [2.75, 3.05) is 19.6 Å². The van der Waals surface area contributed by atoms with Gasteiger partial charge in [0.05, 0.1) is 15.6 Å². The van der Waals surface area contributed by atoms with Crippen molar-refractivity contribution in [2.24, 2.45) is 5.92 Å². The average Bonchev–Trinajstić information content (AvgIpc) is 3.47. The number of hydrogen-bond acceptors (Lipinski definition) is 5. The second-order valence-electron chi connectivity index (χ2n) is 8.20. The third-order valence-corrected chi connectivity index (χ3v) is 7.83. The molecule has 0 atom stereocenters. The average molecular weight is 468 g/mol. The summed E-state index contributed by atoms with van der Waals surface area (Å²) in [4.78, 5) is 34.0. The fraction of sp³-hybridized carbons (Fsp3) is 0.400. The van der Waals surface area contributed by atoms with Gasteiger partial charge in [0.1, 0.15) is 0 Å². The second-order valence-corrected chi connectivity index (χ2v) is 10.4. The monoisotopic (exact) mass is 467 g/mol. The van der Waals surface area contributed by atoms with Gasteiger partial charge in [-0.05, 0) is 50.3 Å². The molecule has 1 aromatic carbocycles. The quantitative estimate of drug-likeness (QED) is 0.522. The van der Waals surface area contributed by atoms with Gasteiger partial charge in [-0.25, -0.2) is 4.98 Å². The van der Waals surface area contributed by atoms with E-state index < -0.39 is 0 Å². The van der Waals surface area contributed by atoms with Gasteiger partial charge in [-0.2, -0.15) is 0 Å². The third-order valence-electron chi connectivity index (χ3n) is 5.89. The number of aryl methyl sites for hydroxylation is 2. The van der Waals surface area contributed by atoms with Crippen LogP contribution in [0.4, 0.5) is 0 Å². The van der Waals surface area contributed by atoms with Gasteiger partial charge in [0.15, 0.2) is 0 Å². The van der Waals surface area contributed by atoms with E-state index >= 15 is 0 Å². The van der Waals surface area contributed by atoms with Crippen molar-refractivity contribution in [3.8, 4) is 10.6 Å². The normalized spacial score (nSPS) is 14.5. The molecule has 1 N–H and O–H groups in total. The largest absolute Gasteiger partial charge is 0.355 e. The zero-order valence-corrected chi connectivity index (χ0v) is 20.0. The maximum Gasteiger partial charge on any atom is 0.223 e. The molecule has 1 aliphatic heterocycles. The van der Waals surface area contributed by atoms with Gasteiger partial charge in [-0.3, -0.25) is 9.59 Å². The lowest BCUT2D eigenvalue weighted by Crippen LogP contribution is -2.43. The zero-order chi connectivity index (χ0) is 22.3. The van der Waals surface area contributed by atoms with E-state index in [0.717, 1.165) is 36.4 Å². The minimum Gasteiger partial charge on any atom is -0.355 e. The second kappa shape index (κ2) is 10.9. The first kappa shape index (κ1) is 22.7. The van der Waals surface area contributed by atoms with Gasteiger partial charge in [-0.1, -0.05) is 30.3 Å². The predicted octanol–water partition coefficient (Wildman–Crippen LogP) is 4.71. The number of rotatable bonds is 8. The molecule has 0 unspecified atom stereocenters. The first-order valence-corrected chi connectivity index (χ1v) is 12.9. The van der Waals surface area contributed by atoms with Crippen LogP contribution in [0.5, 0.6) is 0 Å². The Labute approximate surface area is 197 Å². The smallest absolute Gasteiger partial charge is 0.223 e. The number of hydrogen-bond donors (Lipinski definition) is 1. The van der Waals surface area contributed by atoms with Crippen LogP contribution in [0.25, 0.3) is 10.6 Å². The Morgan fingerprint density at radius 2 is 1.88 bits per heavy atom. The Balaban J connectivity index is 1.16. The van der Waals surface area contributed by atoms with E-state index in [-0.39, 0.29) is 17.7 Å². The molecule has 0 radical (unpaired) electrons. The molecule has 4 rings (SSSR count). The van der Waals surface area contributed by atoms with Gasteiger partial charge in [0.2, 0.25) is 11.8 Å². The van der Waals surface area contributed by atoms with E-state index in [9.17, 15) is 9.59 Å². The van der Waals surface area contributed by atoms with E-state index in [0.29, 0.717) is 26.1 Å². The Bertz CT molecular complexity index is 1040. The van der Waals surface area contributed by atoms with Crippen LogP contribution in [0.3, 0.4) is 0 Å². The summed E-state index contributed by atoms with van der Waals surface area (Å²) >= 11 is 3.41. The molecular weight excluding hydrogens is 438 g/mol. The number of benzene rings is 1. The molecule has 3 heterocycles. The summed E-state index contributed by atoms with van der Waals surface area (Å²) < 4.78 is 0. The minimum absolute atomic E-state index is 0.00468. The predicted molar refractivity (Wildman–Crippen MR) is 131 cm³/mol. The zero-order valence-electron chi connectivity index (χ0n) is 18.4. The lowest BCUT2D eigenvalue weighted by atomic mass is 9.95. The molecule has 1 saturated heterocycles. The standard InChI is InChI=1S/C25H29N3O2S2/c1-18-27-22(17-31-18)23-9-8-21(32-23)11-14-26-25(30)20-12-15-28(16-13-20)24(29)10-7-19-5-3-2-4-6-19/h2-6,8-9,17,20H,7,10-16H2,1H3,(H,26,30). The van der Waals surface area contributed by atoms with Crippen molar-refractivity contribution in [1.82, 2.24) is 15.2 Å². The van der Waals surface area contributed by atoms with Crippen molar-refractivity contribution in [1.29, 1.82) is 0 Å². The van der Waals surface area contributed by atoms with Crippen LogP contribution in [0.15, 0.2) is 47.8 Å². The summed E-state index contributed by atoms with van der Waals surface area (Å²) in [6, 6.07) is 14.3. The highest BCUT2D eigenvalue weighted by molar-refractivity contribution is 7.16. The van der Waals surface area contributed by atoms with Crippen molar-refractivity contribution in [3.05, 3.63) is 63.3 Å². The highest BCUT2D eigenvalue weighted by atomic mass is 32.1. The number of likely N-dealkylation sites (tertiary alicyclic amines) is 1. The van der Waals surface area contributed by atoms with Crippen molar-refractivity contribution in [2.45, 2.75) is 39.0 Å². The Morgan fingerprint density at radius 1 is 1.09 bits per heavy atom. The number of carbonyl (C=O) groups excluding carboxylic acids is 2. The van der Waals surface area contributed by atoms with Gasteiger partial charge in [0, 0.05) is 42.2 Å². The fourth-order valence-corrected chi connectivity index (χ4v) is 5.68. The molecule has 7 heteroatoms. The van der Waals surface area contributed by atoms with E-state index in [4.69, 9.17) is 0 Å². The third kappa shape index (κ3) is 6.04.